The molecule has 0 bridgehead atoms. The molecule has 0 saturated heterocycles. The molecular weight excluding hydrogens is 330 g/mol. The molecule has 3 rings (SSSR count). The van der Waals surface area contributed by atoms with Crippen LogP contribution in [0.1, 0.15) is 26.5 Å². The molecule has 0 unspecified atom stereocenters. The second-order valence-electron chi connectivity index (χ2n) is 7.27. The van der Waals surface area contributed by atoms with Crippen LogP contribution in [0.25, 0.3) is 5.69 Å². The minimum Gasteiger partial charge on any atom is -0.361 e. The molecule has 0 saturated carbocycles. The summed E-state index contributed by atoms with van der Waals surface area (Å²) in [5.41, 5.74) is 1.59. The average Bonchev–Trinajstić information content (AvgIpc) is 3.18. The predicted octanol–water partition coefficient (Wildman–Crippen LogP) is 3.67. The van der Waals surface area contributed by atoms with Crippen molar-refractivity contribution < 1.29 is 0 Å². The van der Waals surface area contributed by atoms with Gasteiger partial charge in [0.1, 0.15) is 0 Å². The Hall–Kier alpha value is -3.16. The fourth-order valence-corrected chi connectivity index (χ4v) is 2.43. The molecule has 0 aliphatic rings. The van der Waals surface area contributed by atoms with Crippen molar-refractivity contribution in [2.24, 2.45) is 10.2 Å². The number of anilines is 1. The molecule has 2 N–H and O–H groups in total. The van der Waals surface area contributed by atoms with Gasteiger partial charge in [0, 0.05) is 31.3 Å². The third-order valence-electron chi connectivity index (χ3n) is 3.93. The Morgan fingerprint density at radius 1 is 1.12 bits per heavy atom. The number of hydrogen-bond acceptors (Lipinski definition) is 5. The highest BCUT2D eigenvalue weighted by atomic mass is 16.1. The summed E-state index contributed by atoms with van der Waals surface area (Å²) in [7, 11) is 3.68. The maximum absolute atomic E-state index is 12.8. The molecule has 2 heterocycles. The molecule has 0 aliphatic carbocycles. The van der Waals surface area contributed by atoms with Crippen LogP contribution in [-0.4, -0.2) is 34.1 Å². The molecule has 0 spiro atoms. The minimum atomic E-state index is -0.268. The molecule has 8 heteroatoms. The van der Waals surface area contributed by atoms with Gasteiger partial charge in [0.05, 0.1) is 5.69 Å². The number of benzene rings is 1. The van der Waals surface area contributed by atoms with E-state index in [4.69, 9.17) is 0 Å². The number of H-pyrrole nitrogens is 2. The highest BCUT2D eigenvalue weighted by Crippen LogP contribution is 2.26. The zero-order valence-electron chi connectivity index (χ0n) is 15.6. The van der Waals surface area contributed by atoms with E-state index in [1.807, 2.05) is 50.5 Å². The lowest BCUT2D eigenvalue weighted by Crippen LogP contribution is -2.13. The Morgan fingerprint density at radius 2 is 1.81 bits per heavy atom. The van der Waals surface area contributed by atoms with E-state index in [0.29, 0.717) is 11.6 Å². The summed E-state index contributed by atoms with van der Waals surface area (Å²) >= 11 is 0. The summed E-state index contributed by atoms with van der Waals surface area (Å²) in [5.74, 6) is 1.01. The van der Waals surface area contributed by atoms with Gasteiger partial charge in [-0.3, -0.25) is 15.0 Å². The van der Waals surface area contributed by atoms with Crippen LogP contribution in [0.2, 0.25) is 0 Å². The lowest BCUT2D eigenvalue weighted by atomic mass is 9.92. The molecule has 3 aromatic rings. The number of azo groups is 1. The van der Waals surface area contributed by atoms with Crippen LogP contribution in [-0.2, 0) is 5.41 Å². The highest BCUT2D eigenvalue weighted by Gasteiger charge is 2.18. The molecule has 8 nitrogen and oxygen atoms in total. The van der Waals surface area contributed by atoms with Crippen molar-refractivity contribution in [1.82, 2.24) is 20.0 Å². The first kappa shape index (κ1) is 17.7. The van der Waals surface area contributed by atoms with Gasteiger partial charge in [-0.15, -0.1) is 10.2 Å². The third kappa shape index (κ3) is 3.44. The van der Waals surface area contributed by atoms with Gasteiger partial charge in [-0.2, -0.15) is 5.10 Å². The monoisotopic (exact) mass is 353 g/mol. The molecule has 136 valence electrons. The first-order chi connectivity index (χ1) is 12.3. The second-order valence-corrected chi connectivity index (χ2v) is 7.27. The van der Waals surface area contributed by atoms with E-state index in [9.17, 15) is 4.79 Å². The fraction of sp³-hybridized carbons (Fsp3) is 0.333. The van der Waals surface area contributed by atoms with Crippen molar-refractivity contribution >= 4 is 17.3 Å². The second kappa shape index (κ2) is 6.62. The van der Waals surface area contributed by atoms with E-state index in [-0.39, 0.29) is 16.7 Å². The van der Waals surface area contributed by atoms with Crippen molar-refractivity contribution in [1.29, 1.82) is 0 Å². The van der Waals surface area contributed by atoms with E-state index in [1.54, 1.807) is 4.90 Å². The first-order valence-corrected chi connectivity index (χ1v) is 8.33. The molecule has 0 radical (unpaired) electrons. The number of aromatic amines is 2. The van der Waals surface area contributed by atoms with Gasteiger partial charge in [-0.1, -0.05) is 39.0 Å². The first-order valence-electron chi connectivity index (χ1n) is 8.33. The normalized spacial score (nSPS) is 12.0. The average molecular weight is 353 g/mol. The summed E-state index contributed by atoms with van der Waals surface area (Å²) in [5, 5.41) is 18.5. The molecule has 0 atom stereocenters. The van der Waals surface area contributed by atoms with Crippen molar-refractivity contribution in [2.45, 2.75) is 26.2 Å². The van der Waals surface area contributed by atoms with Crippen molar-refractivity contribution in [3.05, 3.63) is 52.4 Å². The highest BCUT2D eigenvalue weighted by molar-refractivity contribution is 5.61. The SMILES string of the molecule is CN(C)c1[nH]n(-c2ccccc2)c(=O)c1N=Nc1cc(C(C)(C)C)[nH]n1. The van der Waals surface area contributed by atoms with Gasteiger partial charge in [0.25, 0.3) is 0 Å². The van der Waals surface area contributed by atoms with E-state index >= 15 is 0 Å². The van der Waals surface area contributed by atoms with E-state index in [1.165, 1.54) is 4.68 Å². The number of hydrogen-bond donors (Lipinski definition) is 2. The summed E-state index contributed by atoms with van der Waals surface area (Å²) in [4.78, 5) is 14.6. The van der Waals surface area contributed by atoms with E-state index in [2.05, 4.69) is 46.3 Å². The Balaban J connectivity index is 2.01. The summed E-state index contributed by atoms with van der Waals surface area (Å²) in [6, 6.07) is 11.2. The predicted molar refractivity (Wildman–Crippen MR) is 102 cm³/mol. The van der Waals surface area contributed by atoms with Crippen LogP contribution in [0.15, 0.2) is 51.4 Å². The van der Waals surface area contributed by atoms with Gasteiger partial charge in [0.2, 0.25) is 0 Å². The van der Waals surface area contributed by atoms with Gasteiger partial charge in [-0.25, -0.2) is 4.68 Å². The van der Waals surface area contributed by atoms with Crippen LogP contribution in [0, 0.1) is 0 Å². The number of aromatic nitrogens is 4. The molecule has 0 amide bonds. The molecule has 26 heavy (non-hydrogen) atoms. The topological polar surface area (TPSA) is 94.4 Å². The van der Waals surface area contributed by atoms with Crippen molar-refractivity contribution in [3.63, 3.8) is 0 Å². The molecule has 0 fully saturated rings. The van der Waals surface area contributed by atoms with Crippen LogP contribution >= 0.6 is 0 Å². The number of nitrogens with zero attached hydrogens (tertiary/aromatic N) is 5. The smallest absolute Gasteiger partial charge is 0.301 e. The quantitative estimate of drug-likeness (QED) is 0.701. The fourth-order valence-electron chi connectivity index (χ4n) is 2.43. The minimum absolute atomic E-state index is 0.0658. The molecule has 1 aromatic carbocycles. The molecular formula is C18H23N7O. The molecule has 0 aliphatic heterocycles. The Morgan fingerprint density at radius 3 is 2.38 bits per heavy atom. The van der Waals surface area contributed by atoms with Crippen LogP contribution in [0.4, 0.5) is 17.3 Å². The lowest BCUT2D eigenvalue weighted by molar-refractivity contribution is 0.567. The number of rotatable bonds is 4. The zero-order valence-corrected chi connectivity index (χ0v) is 15.6. The summed E-state index contributed by atoms with van der Waals surface area (Å²) < 4.78 is 1.45. The van der Waals surface area contributed by atoms with Gasteiger partial charge >= 0.3 is 5.56 Å². The summed E-state index contributed by atoms with van der Waals surface area (Å²) in [6.45, 7) is 6.24. The zero-order chi connectivity index (χ0) is 18.9. The van der Waals surface area contributed by atoms with Gasteiger partial charge in [0.15, 0.2) is 17.3 Å². The van der Waals surface area contributed by atoms with Crippen LogP contribution in [0.3, 0.4) is 0 Å². The standard InChI is InChI=1S/C18H23N7O/c1-18(2,3)13-11-14(20-19-13)21-22-15-16(24(4)5)23-25(17(15)26)12-9-7-6-8-10-12/h6-11,23H,1-5H3,(H,19,20). The van der Waals surface area contributed by atoms with Gasteiger partial charge in [-0.05, 0) is 12.1 Å². The number of nitrogens with one attached hydrogen (secondary N) is 2. The van der Waals surface area contributed by atoms with Crippen LogP contribution in [0.5, 0.6) is 0 Å². The Kier molecular flexibility index (Phi) is 4.50. The van der Waals surface area contributed by atoms with Crippen LogP contribution < -0.4 is 10.5 Å². The summed E-state index contributed by atoms with van der Waals surface area (Å²) in [6.07, 6.45) is 0. The third-order valence-corrected chi connectivity index (χ3v) is 3.93. The Bertz CT molecular complexity index is 971. The van der Waals surface area contributed by atoms with E-state index < -0.39 is 0 Å². The largest absolute Gasteiger partial charge is 0.361 e. The molecule has 2 aromatic heterocycles. The Labute approximate surface area is 151 Å². The van der Waals surface area contributed by atoms with Crippen molar-refractivity contribution in [2.75, 3.05) is 19.0 Å². The van der Waals surface area contributed by atoms with Crippen molar-refractivity contribution in [3.8, 4) is 5.69 Å². The van der Waals surface area contributed by atoms with Gasteiger partial charge < -0.3 is 4.90 Å². The maximum Gasteiger partial charge on any atom is 0.301 e. The van der Waals surface area contributed by atoms with E-state index in [0.717, 1.165) is 11.4 Å². The lowest BCUT2D eigenvalue weighted by Gasteiger charge is -2.14. The maximum atomic E-state index is 12.8. The number of para-hydroxylation sites is 1.